The maximum Gasteiger partial charge on any atom is 0.328 e. The first-order valence-corrected chi connectivity index (χ1v) is 9.07. The normalized spacial score (nSPS) is 12.1. The molecule has 1 heterocycles. The van der Waals surface area contributed by atoms with Crippen molar-refractivity contribution < 1.29 is 9.59 Å². The van der Waals surface area contributed by atoms with Gasteiger partial charge in [-0.2, -0.15) is 0 Å². The highest BCUT2D eigenvalue weighted by Crippen LogP contribution is 2.15. The van der Waals surface area contributed by atoms with Crippen molar-refractivity contribution in [1.29, 1.82) is 0 Å². The smallest absolute Gasteiger partial charge is 0.328 e. The van der Waals surface area contributed by atoms with Crippen LogP contribution in [0.4, 0.5) is 0 Å². The molecule has 1 amide bonds. The third kappa shape index (κ3) is 7.50. The number of nitrogens with one attached hydrogen (secondary N) is 2. The average Bonchev–Trinajstić information content (AvgIpc) is 2.49. The van der Waals surface area contributed by atoms with Gasteiger partial charge in [-0.1, -0.05) is 20.8 Å². The molecule has 1 aromatic heterocycles. The van der Waals surface area contributed by atoms with Gasteiger partial charge in [-0.05, 0) is 27.7 Å². The third-order valence-electron chi connectivity index (χ3n) is 4.06. The molecule has 0 saturated carbocycles. The minimum absolute atomic E-state index is 0.0226. The predicted octanol–water partition coefficient (Wildman–Crippen LogP) is 0.677. The van der Waals surface area contributed by atoms with Gasteiger partial charge >= 0.3 is 5.69 Å². The number of carbonyl (C=O) groups is 2. The summed E-state index contributed by atoms with van der Waals surface area (Å²) in [6.45, 7) is 13.6. The van der Waals surface area contributed by atoms with Crippen LogP contribution in [-0.4, -0.2) is 51.3 Å². The molecule has 0 aliphatic heterocycles. The SMILES string of the molecule is Cc1cn(CC(=O)N(CCNC(C)(C)C)CC(=O)C(C)(C)C)c(=O)[nH]c1=O. The lowest BCUT2D eigenvalue weighted by atomic mass is 9.90. The van der Waals surface area contributed by atoms with E-state index in [0.717, 1.165) is 4.57 Å². The summed E-state index contributed by atoms with van der Waals surface area (Å²) in [5, 5.41) is 3.29. The van der Waals surface area contributed by atoms with Crippen molar-refractivity contribution in [2.24, 2.45) is 5.41 Å². The second-order valence-corrected chi connectivity index (χ2v) is 8.86. The maximum atomic E-state index is 12.8. The van der Waals surface area contributed by atoms with Crippen LogP contribution in [0, 0.1) is 12.3 Å². The highest BCUT2D eigenvalue weighted by molar-refractivity contribution is 5.89. The summed E-state index contributed by atoms with van der Waals surface area (Å²) in [7, 11) is 0. The summed E-state index contributed by atoms with van der Waals surface area (Å²) >= 11 is 0. The molecule has 8 nitrogen and oxygen atoms in total. The van der Waals surface area contributed by atoms with Gasteiger partial charge in [0.2, 0.25) is 5.91 Å². The number of aromatic amines is 1. The van der Waals surface area contributed by atoms with Gasteiger partial charge in [-0.25, -0.2) is 4.79 Å². The Balaban J connectivity index is 2.97. The van der Waals surface area contributed by atoms with Crippen LogP contribution in [0.1, 0.15) is 47.1 Å². The van der Waals surface area contributed by atoms with E-state index in [1.54, 1.807) is 27.7 Å². The van der Waals surface area contributed by atoms with E-state index < -0.39 is 16.7 Å². The number of carbonyl (C=O) groups excluding carboxylic acids is 2. The fraction of sp³-hybridized carbons (Fsp3) is 0.684. The number of aryl methyl sites for hydroxylation is 1. The van der Waals surface area contributed by atoms with Crippen LogP contribution in [0.15, 0.2) is 15.8 Å². The van der Waals surface area contributed by atoms with E-state index in [-0.39, 0.29) is 30.3 Å². The monoisotopic (exact) mass is 380 g/mol. The maximum absolute atomic E-state index is 12.8. The van der Waals surface area contributed by atoms with Crippen LogP contribution in [-0.2, 0) is 16.1 Å². The molecule has 0 atom stereocenters. The summed E-state index contributed by atoms with van der Waals surface area (Å²) < 4.78 is 1.16. The molecule has 0 spiro atoms. The Morgan fingerprint density at radius 1 is 1.15 bits per heavy atom. The molecule has 0 aromatic carbocycles. The Bertz CT molecular complexity index is 794. The molecule has 0 aliphatic carbocycles. The molecule has 0 radical (unpaired) electrons. The number of hydrogen-bond donors (Lipinski definition) is 2. The summed E-state index contributed by atoms with van der Waals surface area (Å²) in [6.07, 6.45) is 1.36. The minimum Gasteiger partial charge on any atom is -0.333 e. The van der Waals surface area contributed by atoms with E-state index in [1.807, 2.05) is 20.8 Å². The number of Topliss-reactive ketones (excluding diaryl/α,β-unsaturated/α-hetero) is 1. The second-order valence-electron chi connectivity index (χ2n) is 8.86. The number of amides is 1. The lowest BCUT2D eigenvalue weighted by Gasteiger charge is -2.28. The molecule has 1 aromatic rings. The Kier molecular flexibility index (Phi) is 7.31. The minimum atomic E-state index is -0.645. The topological polar surface area (TPSA) is 104 Å². The lowest BCUT2D eigenvalue weighted by Crippen LogP contribution is -2.47. The van der Waals surface area contributed by atoms with Gasteiger partial charge in [0.25, 0.3) is 5.56 Å². The molecule has 8 heteroatoms. The van der Waals surface area contributed by atoms with Gasteiger partial charge in [0.1, 0.15) is 6.54 Å². The first-order valence-electron chi connectivity index (χ1n) is 9.07. The van der Waals surface area contributed by atoms with E-state index in [0.29, 0.717) is 18.7 Å². The Hall–Kier alpha value is -2.22. The van der Waals surface area contributed by atoms with Crippen molar-refractivity contribution in [2.75, 3.05) is 19.6 Å². The zero-order valence-electron chi connectivity index (χ0n) is 17.4. The van der Waals surface area contributed by atoms with E-state index in [4.69, 9.17) is 0 Å². The highest BCUT2D eigenvalue weighted by atomic mass is 16.2. The highest BCUT2D eigenvalue weighted by Gasteiger charge is 2.26. The second kappa shape index (κ2) is 8.65. The molecular weight excluding hydrogens is 348 g/mol. The zero-order valence-corrected chi connectivity index (χ0v) is 17.4. The van der Waals surface area contributed by atoms with Crippen molar-refractivity contribution in [2.45, 2.75) is 60.5 Å². The van der Waals surface area contributed by atoms with Crippen LogP contribution >= 0.6 is 0 Å². The van der Waals surface area contributed by atoms with E-state index in [9.17, 15) is 19.2 Å². The van der Waals surface area contributed by atoms with Crippen molar-refractivity contribution in [3.63, 3.8) is 0 Å². The molecule has 0 bridgehead atoms. The molecule has 2 N–H and O–H groups in total. The van der Waals surface area contributed by atoms with Gasteiger partial charge in [0.15, 0.2) is 5.78 Å². The molecule has 0 unspecified atom stereocenters. The Morgan fingerprint density at radius 3 is 2.26 bits per heavy atom. The quantitative estimate of drug-likeness (QED) is 0.724. The summed E-state index contributed by atoms with van der Waals surface area (Å²) in [5.41, 5.74) is -1.46. The van der Waals surface area contributed by atoms with E-state index in [1.165, 1.54) is 11.1 Å². The Labute approximate surface area is 160 Å². The zero-order chi connectivity index (χ0) is 21.0. The van der Waals surface area contributed by atoms with E-state index >= 15 is 0 Å². The van der Waals surface area contributed by atoms with Gasteiger partial charge < -0.3 is 10.2 Å². The fourth-order valence-corrected chi connectivity index (χ4v) is 2.25. The van der Waals surface area contributed by atoms with Gasteiger partial charge in [-0.15, -0.1) is 0 Å². The largest absolute Gasteiger partial charge is 0.333 e. The molecular formula is C19H32N4O4. The molecule has 27 heavy (non-hydrogen) atoms. The number of hydrogen-bond acceptors (Lipinski definition) is 5. The Morgan fingerprint density at radius 2 is 1.74 bits per heavy atom. The van der Waals surface area contributed by atoms with Crippen molar-refractivity contribution in [3.8, 4) is 0 Å². The summed E-state index contributed by atoms with van der Waals surface area (Å²) in [4.78, 5) is 52.3. The first-order chi connectivity index (χ1) is 12.2. The van der Waals surface area contributed by atoms with Gasteiger partial charge in [-0.3, -0.25) is 23.9 Å². The van der Waals surface area contributed by atoms with E-state index in [2.05, 4.69) is 10.3 Å². The standard InChI is InChI=1S/C19H32N4O4/c1-13-10-23(17(27)21-16(13)26)12-15(25)22(9-8-20-19(5,6)7)11-14(24)18(2,3)4/h10,20H,8-9,11-12H2,1-7H3,(H,21,26,27). The fourth-order valence-electron chi connectivity index (χ4n) is 2.25. The van der Waals surface area contributed by atoms with Crippen LogP contribution < -0.4 is 16.6 Å². The average molecular weight is 380 g/mol. The predicted molar refractivity (Wildman–Crippen MR) is 105 cm³/mol. The molecule has 0 saturated heterocycles. The number of aromatic nitrogens is 2. The number of H-pyrrole nitrogens is 1. The molecule has 1 rings (SSSR count). The molecule has 0 aliphatic rings. The van der Waals surface area contributed by atoms with Crippen molar-refractivity contribution in [3.05, 3.63) is 32.6 Å². The van der Waals surface area contributed by atoms with Crippen LogP contribution in [0.25, 0.3) is 0 Å². The van der Waals surface area contributed by atoms with Crippen molar-refractivity contribution >= 4 is 11.7 Å². The number of ketones is 1. The van der Waals surface area contributed by atoms with Crippen LogP contribution in [0.3, 0.4) is 0 Å². The number of nitrogens with zero attached hydrogens (tertiary/aromatic N) is 2. The summed E-state index contributed by atoms with van der Waals surface area (Å²) in [5.74, 6) is -0.409. The molecule has 152 valence electrons. The lowest BCUT2D eigenvalue weighted by molar-refractivity contribution is -0.138. The third-order valence-corrected chi connectivity index (χ3v) is 4.06. The summed E-state index contributed by atoms with van der Waals surface area (Å²) in [6, 6.07) is 0. The van der Waals surface area contributed by atoms with Crippen LogP contribution in [0.2, 0.25) is 0 Å². The first kappa shape index (κ1) is 22.8. The van der Waals surface area contributed by atoms with Crippen molar-refractivity contribution in [1.82, 2.24) is 19.8 Å². The van der Waals surface area contributed by atoms with Gasteiger partial charge in [0, 0.05) is 35.8 Å². The van der Waals surface area contributed by atoms with Gasteiger partial charge in [0.05, 0.1) is 6.54 Å². The molecule has 0 fully saturated rings. The number of rotatable bonds is 7. The van der Waals surface area contributed by atoms with Crippen LogP contribution in [0.5, 0.6) is 0 Å².